The third-order valence-corrected chi connectivity index (χ3v) is 4.41. The van der Waals surface area contributed by atoms with Crippen LogP contribution in [0.4, 0.5) is 10.5 Å². The van der Waals surface area contributed by atoms with Gasteiger partial charge in [-0.3, -0.25) is 4.79 Å². The van der Waals surface area contributed by atoms with E-state index >= 15 is 0 Å². The Morgan fingerprint density at radius 1 is 1.27 bits per heavy atom. The number of hydrogen-bond donors (Lipinski definition) is 2. The van der Waals surface area contributed by atoms with Crippen molar-refractivity contribution in [3.05, 3.63) is 29.8 Å². The van der Waals surface area contributed by atoms with Gasteiger partial charge >= 0.3 is 6.03 Å². The number of likely N-dealkylation sites (tertiary alicyclic amines) is 1. The monoisotopic (exact) mass is 303 g/mol. The van der Waals surface area contributed by atoms with Crippen LogP contribution >= 0.6 is 0 Å². The molecule has 2 heterocycles. The highest BCUT2D eigenvalue weighted by Crippen LogP contribution is 2.32. The van der Waals surface area contributed by atoms with E-state index in [0.717, 1.165) is 11.3 Å². The molecule has 1 aromatic rings. The molecule has 3 atom stereocenters. The Morgan fingerprint density at radius 2 is 2.05 bits per heavy atom. The summed E-state index contributed by atoms with van der Waals surface area (Å²) in [4.78, 5) is 26.0. The first-order valence-electron chi connectivity index (χ1n) is 7.57. The van der Waals surface area contributed by atoms with Gasteiger partial charge < -0.3 is 20.3 Å². The van der Waals surface area contributed by atoms with E-state index < -0.39 is 0 Å². The maximum absolute atomic E-state index is 12.4. The molecule has 0 unspecified atom stereocenters. The number of carbonyl (C=O) groups is 2. The van der Waals surface area contributed by atoms with Crippen LogP contribution in [0.5, 0.6) is 0 Å². The number of hydrogen-bond acceptors (Lipinski definition) is 3. The summed E-state index contributed by atoms with van der Waals surface area (Å²) in [6.45, 7) is 2.94. The van der Waals surface area contributed by atoms with Gasteiger partial charge in [-0.25, -0.2) is 4.79 Å². The third kappa shape index (κ3) is 2.78. The molecule has 1 aromatic carbocycles. The smallest absolute Gasteiger partial charge is 0.322 e. The first-order chi connectivity index (χ1) is 10.6. The molecular formula is C16H21N3O3. The molecule has 2 aliphatic heterocycles. The second-order valence-electron chi connectivity index (χ2n) is 5.90. The molecule has 0 saturated carbocycles. The zero-order valence-corrected chi connectivity index (χ0v) is 12.8. The number of aryl methyl sites for hydroxylation is 1. The first-order valence-corrected chi connectivity index (χ1v) is 7.57. The molecule has 6 heteroatoms. The minimum Gasteiger partial charge on any atom is -0.370 e. The number of benzene rings is 1. The molecule has 3 amide bonds. The van der Waals surface area contributed by atoms with Crippen molar-refractivity contribution in [1.29, 1.82) is 0 Å². The van der Waals surface area contributed by atoms with E-state index in [1.54, 1.807) is 11.9 Å². The van der Waals surface area contributed by atoms with Gasteiger partial charge in [0.25, 0.3) is 0 Å². The van der Waals surface area contributed by atoms with Crippen LogP contribution in [0.2, 0.25) is 0 Å². The van der Waals surface area contributed by atoms with Crippen LogP contribution in [0.3, 0.4) is 0 Å². The highest BCUT2D eigenvalue weighted by atomic mass is 16.5. The molecule has 0 radical (unpaired) electrons. The van der Waals surface area contributed by atoms with Gasteiger partial charge in [0.2, 0.25) is 5.91 Å². The predicted molar refractivity (Wildman–Crippen MR) is 82.6 cm³/mol. The number of ether oxygens (including phenoxy) is 1. The number of para-hydroxylation sites is 1. The number of rotatable bonds is 2. The minimum atomic E-state index is -0.207. The lowest BCUT2D eigenvalue weighted by Crippen LogP contribution is -2.49. The van der Waals surface area contributed by atoms with Gasteiger partial charge in [-0.1, -0.05) is 18.2 Å². The van der Waals surface area contributed by atoms with Crippen LogP contribution in [0, 0.1) is 12.8 Å². The van der Waals surface area contributed by atoms with Gasteiger partial charge in [0, 0.05) is 25.8 Å². The lowest BCUT2D eigenvalue weighted by Gasteiger charge is -2.32. The normalized spacial score (nSPS) is 26.6. The quantitative estimate of drug-likeness (QED) is 0.866. The van der Waals surface area contributed by atoms with Gasteiger partial charge in [-0.05, 0) is 25.0 Å². The van der Waals surface area contributed by atoms with Crippen molar-refractivity contribution in [2.75, 3.05) is 25.5 Å². The number of amides is 3. The highest BCUT2D eigenvalue weighted by molar-refractivity contribution is 5.90. The van der Waals surface area contributed by atoms with Crippen molar-refractivity contribution in [2.24, 2.45) is 5.92 Å². The van der Waals surface area contributed by atoms with Gasteiger partial charge in [-0.2, -0.15) is 0 Å². The third-order valence-electron chi connectivity index (χ3n) is 4.41. The molecule has 2 fully saturated rings. The molecule has 2 saturated heterocycles. The Kier molecular flexibility index (Phi) is 4.02. The molecule has 6 nitrogen and oxygen atoms in total. The molecule has 0 aromatic heterocycles. The van der Waals surface area contributed by atoms with Crippen molar-refractivity contribution < 1.29 is 14.3 Å². The zero-order valence-electron chi connectivity index (χ0n) is 12.8. The molecule has 2 bridgehead atoms. The molecule has 22 heavy (non-hydrogen) atoms. The van der Waals surface area contributed by atoms with Crippen molar-refractivity contribution in [1.82, 2.24) is 10.2 Å². The second kappa shape index (κ2) is 5.96. The topological polar surface area (TPSA) is 70.7 Å². The molecule has 2 aliphatic rings. The average molecular weight is 303 g/mol. The van der Waals surface area contributed by atoms with Crippen LogP contribution in [0.1, 0.15) is 12.0 Å². The minimum absolute atomic E-state index is 0.00587. The fourth-order valence-corrected chi connectivity index (χ4v) is 3.19. The SMILES string of the molecule is CNC(=O)[C@H]1C[C@@H]2CN(C(=O)Nc3ccccc3C)C[C@H]1O2. The van der Waals surface area contributed by atoms with Gasteiger partial charge in [0.1, 0.15) is 0 Å². The van der Waals surface area contributed by atoms with Crippen LogP contribution in [-0.4, -0.2) is 49.2 Å². The van der Waals surface area contributed by atoms with Gasteiger partial charge in [0.05, 0.1) is 18.1 Å². The number of morpholine rings is 1. The van der Waals surface area contributed by atoms with Crippen LogP contribution in [-0.2, 0) is 9.53 Å². The Hall–Kier alpha value is -2.08. The Morgan fingerprint density at radius 3 is 2.77 bits per heavy atom. The van der Waals surface area contributed by atoms with Crippen molar-refractivity contribution in [2.45, 2.75) is 25.6 Å². The van der Waals surface area contributed by atoms with Crippen LogP contribution < -0.4 is 10.6 Å². The molecule has 2 N–H and O–H groups in total. The molecular weight excluding hydrogens is 282 g/mol. The summed E-state index contributed by atoms with van der Waals surface area (Å²) in [5.74, 6) is -0.167. The van der Waals surface area contributed by atoms with E-state index in [-0.39, 0.29) is 30.1 Å². The van der Waals surface area contributed by atoms with E-state index in [9.17, 15) is 9.59 Å². The maximum Gasteiger partial charge on any atom is 0.322 e. The summed E-state index contributed by atoms with van der Waals surface area (Å²) in [6, 6.07) is 7.54. The van der Waals surface area contributed by atoms with E-state index in [2.05, 4.69) is 10.6 Å². The number of nitrogens with zero attached hydrogens (tertiary/aromatic N) is 1. The summed E-state index contributed by atoms with van der Waals surface area (Å²) in [5, 5.41) is 5.61. The first kappa shape index (κ1) is 14.8. The summed E-state index contributed by atoms with van der Waals surface area (Å²) in [5.41, 5.74) is 1.84. The fraction of sp³-hybridized carbons (Fsp3) is 0.500. The standard InChI is InChI=1S/C16H21N3O3/c1-10-5-3-4-6-13(10)18-16(21)19-8-11-7-12(15(20)17-2)14(9-19)22-11/h3-6,11-12,14H,7-9H2,1-2H3,(H,17,20)(H,18,21)/t11-,12+,14-/m1/s1. The summed E-state index contributed by atoms with van der Waals surface area (Å²) in [6.07, 6.45) is 0.420. The maximum atomic E-state index is 12.4. The van der Waals surface area contributed by atoms with Crippen molar-refractivity contribution >= 4 is 17.6 Å². The fourth-order valence-electron chi connectivity index (χ4n) is 3.19. The number of anilines is 1. The Labute approximate surface area is 129 Å². The zero-order chi connectivity index (χ0) is 15.7. The van der Waals surface area contributed by atoms with Crippen LogP contribution in [0.25, 0.3) is 0 Å². The summed E-state index contributed by atoms with van der Waals surface area (Å²) >= 11 is 0. The molecule has 0 aliphatic carbocycles. The number of nitrogens with one attached hydrogen (secondary N) is 2. The summed E-state index contributed by atoms with van der Waals surface area (Å²) < 4.78 is 5.80. The van der Waals surface area contributed by atoms with Gasteiger partial charge in [0.15, 0.2) is 0 Å². The molecule has 118 valence electrons. The average Bonchev–Trinajstić information content (AvgIpc) is 2.82. The number of fused-ring (bicyclic) bond motifs is 2. The van der Waals surface area contributed by atoms with E-state index in [1.165, 1.54) is 0 Å². The van der Waals surface area contributed by atoms with E-state index in [0.29, 0.717) is 19.5 Å². The lowest BCUT2D eigenvalue weighted by molar-refractivity contribution is -0.127. The molecule has 3 rings (SSSR count). The van der Waals surface area contributed by atoms with Crippen molar-refractivity contribution in [3.8, 4) is 0 Å². The van der Waals surface area contributed by atoms with Crippen molar-refractivity contribution in [3.63, 3.8) is 0 Å². The second-order valence-corrected chi connectivity index (χ2v) is 5.90. The van der Waals surface area contributed by atoms with E-state index in [4.69, 9.17) is 4.74 Å². The lowest BCUT2D eigenvalue weighted by atomic mass is 10.00. The Bertz CT molecular complexity index is 590. The van der Waals surface area contributed by atoms with Crippen LogP contribution in [0.15, 0.2) is 24.3 Å². The number of carbonyl (C=O) groups excluding carboxylic acids is 2. The highest BCUT2D eigenvalue weighted by Gasteiger charge is 2.45. The van der Waals surface area contributed by atoms with E-state index in [1.807, 2.05) is 31.2 Å². The molecule has 0 spiro atoms. The predicted octanol–water partition coefficient (Wildman–Crippen LogP) is 1.36. The summed E-state index contributed by atoms with van der Waals surface area (Å²) in [7, 11) is 1.63. The van der Waals surface area contributed by atoms with Gasteiger partial charge in [-0.15, -0.1) is 0 Å². The number of urea groups is 1. The largest absolute Gasteiger partial charge is 0.370 e. The Balaban J connectivity index is 1.66.